The van der Waals surface area contributed by atoms with Gasteiger partial charge in [-0.05, 0) is 35.6 Å². The Balaban J connectivity index is 1.78. The van der Waals surface area contributed by atoms with Crippen LogP contribution in [0.15, 0.2) is 54.6 Å². The van der Waals surface area contributed by atoms with E-state index in [0.29, 0.717) is 12.5 Å². The molecule has 5 heteroatoms. The number of para-hydroxylation sites is 1. The van der Waals surface area contributed by atoms with Gasteiger partial charge in [0.1, 0.15) is 0 Å². The number of hydrogen-bond donors (Lipinski definition) is 0. The van der Waals surface area contributed by atoms with Crippen molar-refractivity contribution in [3.8, 4) is 6.07 Å². The van der Waals surface area contributed by atoms with E-state index in [-0.39, 0.29) is 12.3 Å². The SMILES string of the molecule is CC(C)Cc1ccc([C@@H](CC#N)C(=O)O[C@H]2C(=O)N(c3ccccc3)CC2(C)C)cc1. The van der Waals surface area contributed by atoms with Gasteiger partial charge >= 0.3 is 5.97 Å². The molecule has 1 amide bonds. The number of esters is 1. The normalized spacial score (nSPS) is 18.6. The molecule has 31 heavy (non-hydrogen) atoms. The first-order valence-electron chi connectivity index (χ1n) is 10.8. The Morgan fingerprint density at radius 1 is 1.16 bits per heavy atom. The molecule has 1 saturated heterocycles. The van der Waals surface area contributed by atoms with E-state index in [9.17, 15) is 14.9 Å². The lowest BCUT2D eigenvalue weighted by Gasteiger charge is -2.25. The van der Waals surface area contributed by atoms with Gasteiger partial charge in [-0.15, -0.1) is 0 Å². The Morgan fingerprint density at radius 3 is 2.39 bits per heavy atom. The Bertz CT molecular complexity index is 958. The number of anilines is 1. The fourth-order valence-corrected chi connectivity index (χ4v) is 4.06. The van der Waals surface area contributed by atoms with Crippen molar-refractivity contribution in [1.82, 2.24) is 0 Å². The number of benzene rings is 2. The molecule has 0 bridgehead atoms. The maximum Gasteiger partial charge on any atom is 0.315 e. The van der Waals surface area contributed by atoms with Crippen LogP contribution in [-0.4, -0.2) is 24.5 Å². The van der Waals surface area contributed by atoms with E-state index in [1.165, 1.54) is 5.56 Å². The minimum atomic E-state index is -0.887. The molecular weight excluding hydrogens is 388 g/mol. The summed E-state index contributed by atoms with van der Waals surface area (Å²) in [4.78, 5) is 27.9. The molecular formula is C26H30N2O3. The second-order valence-corrected chi connectivity index (χ2v) is 9.32. The lowest BCUT2D eigenvalue weighted by Crippen LogP contribution is -2.37. The zero-order valence-electron chi connectivity index (χ0n) is 18.7. The van der Waals surface area contributed by atoms with Gasteiger partial charge in [0.2, 0.25) is 0 Å². The predicted molar refractivity (Wildman–Crippen MR) is 120 cm³/mol. The summed E-state index contributed by atoms with van der Waals surface area (Å²) in [7, 11) is 0. The largest absolute Gasteiger partial charge is 0.451 e. The molecule has 5 nitrogen and oxygen atoms in total. The molecule has 1 heterocycles. The van der Waals surface area contributed by atoms with Crippen molar-refractivity contribution >= 4 is 17.6 Å². The standard InChI is InChI=1S/C26H30N2O3/c1-18(2)16-19-10-12-20(13-11-19)22(14-15-27)25(30)31-23-24(29)28(17-26(23,3)4)21-8-6-5-7-9-21/h5-13,18,22-23H,14,16-17H2,1-4H3/t22-,23+/m1/s1. The first kappa shape index (κ1) is 22.6. The van der Waals surface area contributed by atoms with Crippen LogP contribution < -0.4 is 4.90 Å². The summed E-state index contributed by atoms with van der Waals surface area (Å²) in [6.07, 6.45) is 0.0708. The molecule has 2 aromatic carbocycles. The third-order valence-electron chi connectivity index (χ3n) is 5.67. The van der Waals surface area contributed by atoms with Crippen molar-refractivity contribution in [2.75, 3.05) is 11.4 Å². The van der Waals surface area contributed by atoms with Crippen LogP contribution in [0.25, 0.3) is 0 Å². The Kier molecular flexibility index (Phi) is 6.80. The topological polar surface area (TPSA) is 70.4 Å². The highest BCUT2D eigenvalue weighted by Crippen LogP contribution is 2.37. The summed E-state index contributed by atoms with van der Waals surface area (Å²) in [5.41, 5.74) is 2.17. The molecule has 162 valence electrons. The van der Waals surface area contributed by atoms with Crippen molar-refractivity contribution in [2.45, 2.75) is 52.6 Å². The molecule has 2 atom stereocenters. The molecule has 0 N–H and O–H groups in total. The molecule has 3 rings (SSSR count). The summed E-state index contributed by atoms with van der Waals surface area (Å²) < 4.78 is 5.77. The van der Waals surface area contributed by atoms with Crippen molar-refractivity contribution in [2.24, 2.45) is 11.3 Å². The Labute approximate surface area is 184 Å². The smallest absolute Gasteiger partial charge is 0.315 e. The molecule has 1 aliphatic heterocycles. The number of carbonyl (C=O) groups is 2. The molecule has 1 fully saturated rings. The van der Waals surface area contributed by atoms with Crippen LogP contribution in [0.2, 0.25) is 0 Å². The summed E-state index contributed by atoms with van der Waals surface area (Å²) in [5.74, 6) is -0.937. The van der Waals surface area contributed by atoms with Crippen molar-refractivity contribution in [3.05, 3.63) is 65.7 Å². The third-order valence-corrected chi connectivity index (χ3v) is 5.67. The number of nitriles is 1. The van der Waals surface area contributed by atoms with Gasteiger partial charge in [-0.2, -0.15) is 5.26 Å². The van der Waals surface area contributed by atoms with Gasteiger partial charge in [-0.1, -0.05) is 70.2 Å². The molecule has 0 unspecified atom stereocenters. The molecule has 0 aliphatic carbocycles. The van der Waals surface area contributed by atoms with E-state index in [1.54, 1.807) is 4.90 Å². The minimum absolute atomic E-state index is 0.00605. The van der Waals surface area contributed by atoms with Crippen LogP contribution >= 0.6 is 0 Å². The fraction of sp³-hybridized carbons (Fsp3) is 0.423. The van der Waals surface area contributed by atoms with Gasteiger partial charge in [0.05, 0.1) is 18.4 Å². The number of rotatable bonds is 7. The van der Waals surface area contributed by atoms with Crippen LogP contribution in [0.4, 0.5) is 5.69 Å². The van der Waals surface area contributed by atoms with Gasteiger partial charge in [0.15, 0.2) is 6.10 Å². The molecule has 1 aliphatic rings. The number of amides is 1. The summed E-state index contributed by atoms with van der Waals surface area (Å²) in [6, 6.07) is 19.2. The predicted octanol–water partition coefficient (Wildman–Crippen LogP) is 4.87. The molecule has 0 radical (unpaired) electrons. The van der Waals surface area contributed by atoms with E-state index in [2.05, 4.69) is 19.9 Å². The minimum Gasteiger partial charge on any atom is -0.451 e. The Hall–Kier alpha value is -3.13. The highest BCUT2D eigenvalue weighted by atomic mass is 16.6. The molecule has 2 aromatic rings. The van der Waals surface area contributed by atoms with Crippen LogP contribution in [0.1, 0.15) is 51.2 Å². The lowest BCUT2D eigenvalue weighted by molar-refractivity contribution is -0.159. The van der Waals surface area contributed by atoms with Crippen molar-refractivity contribution in [1.29, 1.82) is 5.26 Å². The summed E-state index contributed by atoms with van der Waals surface area (Å²) in [6.45, 7) is 8.61. The molecule has 0 saturated carbocycles. The zero-order chi connectivity index (χ0) is 22.6. The fourth-order valence-electron chi connectivity index (χ4n) is 4.06. The van der Waals surface area contributed by atoms with E-state index in [4.69, 9.17) is 4.74 Å². The quantitative estimate of drug-likeness (QED) is 0.602. The van der Waals surface area contributed by atoms with Crippen LogP contribution in [0.5, 0.6) is 0 Å². The van der Waals surface area contributed by atoms with Gasteiger partial charge < -0.3 is 9.64 Å². The second kappa shape index (κ2) is 9.34. The highest BCUT2D eigenvalue weighted by Gasteiger charge is 2.49. The summed E-state index contributed by atoms with van der Waals surface area (Å²) in [5, 5.41) is 9.29. The summed E-state index contributed by atoms with van der Waals surface area (Å²) >= 11 is 0. The number of carbonyl (C=O) groups excluding carboxylic acids is 2. The van der Waals surface area contributed by atoms with Crippen molar-refractivity contribution in [3.63, 3.8) is 0 Å². The highest BCUT2D eigenvalue weighted by molar-refractivity contribution is 6.01. The maximum absolute atomic E-state index is 13.1. The lowest BCUT2D eigenvalue weighted by atomic mass is 9.89. The van der Waals surface area contributed by atoms with Gasteiger partial charge in [0, 0.05) is 17.6 Å². The average molecular weight is 419 g/mol. The second-order valence-electron chi connectivity index (χ2n) is 9.32. The van der Waals surface area contributed by atoms with Crippen molar-refractivity contribution < 1.29 is 14.3 Å². The van der Waals surface area contributed by atoms with E-state index in [0.717, 1.165) is 17.7 Å². The van der Waals surface area contributed by atoms with Gasteiger partial charge in [-0.25, -0.2) is 0 Å². The molecule has 0 spiro atoms. The first-order chi connectivity index (χ1) is 14.7. The van der Waals surface area contributed by atoms with E-state index in [1.807, 2.05) is 68.4 Å². The van der Waals surface area contributed by atoms with E-state index >= 15 is 0 Å². The number of hydrogen-bond acceptors (Lipinski definition) is 4. The zero-order valence-corrected chi connectivity index (χ0v) is 18.7. The van der Waals surface area contributed by atoms with Crippen LogP contribution in [-0.2, 0) is 20.7 Å². The third kappa shape index (κ3) is 5.14. The average Bonchev–Trinajstić information content (AvgIpc) is 2.96. The van der Waals surface area contributed by atoms with Crippen LogP contribution in [0.3, 0.4) is 0 Å². The number of ether oxygens (including phenoxy) is 1. The number of nitrogens with zero attached hydrogens (tertiary/aromatic N) is 2. The van der Waals surface area contributed by atoms with Gasteiger partial charge in [-0.3, -0.25) is 9.59 Å². The monoisotopic (exact) mass is 418 g/mol. The maximum atomic E-state index is 13.1. The van der Waals surface area contributed by atoms with E-state index < -0.39 is 23.4 Å². The van der Waals surface area contributed by atoms with Crippen LogP contribution in [0, 0.1) is 22.7 Å². The van der Waals surface area contributed by atoms with Gasteiger partial charge in [0.25, 0.3) is 5.91 Å². The first-order valence-corrected chi connectivity index (χ1v) is 10.8. The molecule has 0 aromatic heterocycles. The Morgan fingerprint density at radius 2 is 1.81 bits per heavy atom.